The number of halogens is 1. The zero-order chi connectivity index (χ0) is 10.4. The Labute approximate surface area is 91.8 Å². The second-order valence-corrected chi connectivity index (χ2v) is 3.74. The zero-order valence-corrected chi connectivity index (χ0v) is 9.75. The van der Waals surface area contributed by atoms with Crippen LogP contribution in [0.1, 0.15) is 23.8 Å². The Morgan fingerprint density at radius 2 is 2.43 bits per heavy atom. The topological polar surface area (TPSA) is 49.0 Å². The number of aromatic amines is 1. The molecule has 78 valence electrons. The number of nitrogens with one attached hydrogen (secondary N) is 1. The van der Waals surface area contributed by atoms with Gasteiger partial charge in [-0.2, -0.15) is 5.10 Å². The lowest BCUT2D eigenvalue weighted by Gasteiger charge is -2.19. The summed E-state index contributed by atoms with van der Waals surface area (Å²) in [6, 6.07) is 1.69. The lowest BCUT2D eigenvalue weighted by molar-refractivity contribution is 0.0760. The van der Waals surface area contributed by atoms with Gasteiger partial charge >= 0.3 is 0 Å². The number of carbonyl (C=O) groups excluding carboxylic acids is 1. The number of H-pyrrole nitrogens is 1. The van der Waals surface area contributed by atoms with E-state index in [2.05, 4.69) is 33.1 Å². The second-order valence-electron chi connectivity index (χ2n) is 2.95. The van der Waals surface area contributed by atoms with Crippen LogP contribution >= 0.6 is 15.9 Å². The third kappa shape index (κ3) is 2.83. The molecule has 14 heavy (non-hydrogen) atoms. The van der Waals surface area contributed by atoms with Gasteiger partial charge in [-0.25, -0.2) is 0 Å². The van der Waals surface area contributed by atoms with Gasteiger partial charge in [0.2, 0.25) is 0 Å². The minimum absolute atomic E-state index is 0.0174. The van der Waals surface area contributed by atoms with Gasteiger partial charge in [0.15, 0.2) is 0 Å². The standard InChI is InChI=1S/C9H14BrN3O/c1-2-6-13(7-4-10)9(14)8-3-5-11-12-8/h3,5H,2,4,6-7H2,1H3,(H,11,12). The van der Waals surface area contributed by atoms with Crippen LogP contribution in [0.2, 0.25) is 0 Å². The normalized spacial score (nSPS) is 10.1. The summed E-state index contributed by atoms with van der Waals surface area (Å²) in [4.78, 5) is 13.6. The van der Waals surface area contributed by atoms with E-state index in [1.54, 1.807) is 12.3 Å². The molecule has 0 aliphatic heterocycles. The summed E-state index contributed by atoms with van der Waals surface area (Å²) in [6.45, 7) is 3.57. The predicted octanol–water partition coefficient (Wildman–Crippen LogP) is 1.66. The van der Waals surface area contributed by atoms with Gasteiger partial charge in [0.25, 0.3) is 5.91 Å². The van der Waals surface area contributed by atoms with Gasteiger partial charge in [0, 0.05) is 24.6 Å². The Morgan fingerprint density at radius 1 is 1.64 bits per heavy atom. The summed E-state index contributed by atoms with van der Waals surface area (Å²) in [5.41, 5.74) is 0.555. The largest absolute Gasteiger partial charge is 0.337 e. The molecule has 0 aromatic carbocycles. The van der Waals surface area contributed by atoms with Crippen molar-refractivity contribution in [3.05, 3.63) is 18.0 Å². The van der Waals surface area contributed by atoms with E-state index in [0.717, 1.165) is 24.8 Å². The molecule has 0 unspecified atom stereocenters. The number of amides is 1. The van der Waals surface area contributed by atoms with Gasteiger partial charge in [0.1, 0.15) is 5.69 Å². The van der Waals surface area contributed by atoms with Crippen molar-refractivity contribution in [1.82, 2.24) is 15.1 Å². The van der Waals surface area contributed by atoms with Crippen molar-refractivity contribution >= 4 is 21.8 Å². The van der Waals surface area contributed by atoms with E-state index in [0.29, 0.717) is 5.69 Å². The van der Waals surface area contributed by atoms with E-state index < -0.39 is 0 Å². The molecule has 0 saturated heterocycles. The fraction of sp³-hybridized carbons (Fsp3) is 0.556. The second kappa shape index (κ2) is 5.80. The van der Waals surface area contributed by atoms with Crippen molar-refractivity contribution in [3.8, 4) is 0 Å². The number of alkyl halides is 1. The molecule has 1 aromatic heterocycles. The maximum atomic E-state index is 11.8. The average molecular weight is 260 g/mol. The summed E-state index contributed by atoms with van der Waals surface area (Å²) in [6.07, 6.45) is 2.55. The van der Waals surface area contributed by atoms with Crippen LogP contribution in [0.3, 0.4) is 0 Å². The highest BCUT2D eigenvalue weighted by atomic mass is 79.9. The molecule has 5 heteroatoms. The first-order valence-electron chi connectivity index (χ1n) is 4.64. The van der Waals surface area contributed by atoms with E-state index in [9.17, 15) is 4.79 Å². The first-order valence-corrected chi connectivity index (χ1v) is 5.76. The van der Waals surface area contributed by atoms with Crippen LogP contribution in [-0.2, 0) is 0 Å². The van der Waals surface area contributed by atoms with Crippen molar-refractivity contribution in [1.29, 1.82) is 0 Å². The SMILES string of the molecule is CCCN(CCBr)C(=O)c1ccn[nH]1. The molecule has 0 radical (unpaired) electrons. The average Bonchev–Trinajstić information content (AvgIpc) is 2.69. The van der Waals surface area contributed by atoms with Crippen LogP contribution in [-0.4, -0.2) is 39.4 Å². The Hall–Kier alpha value is -0.840. The van der Waals surface area contributed by atoms with Crippen LogP contribution in [0.5, 0.6) is 0 Å². The number of aromatic nitrogens is 2. The molecule has 0 atom stereocenters. The Bertz CT molecular complexity index is 268. The van der Waals surface area contributed by atoms with Crippen LogP contribution in [0.25, 0.3) is 0 Å². The van der Waals surface area contributed by atoms with Gasteiger partial charge in [-0.1, -0.05) is 22.9 Å². The van der Waals surface area contributed by atoms with E-state index in [-0.39, 0.29) is 5.91 Å². The van der Waals surface area contributed by atoms with E-state index in [1.807, 2.05) is 4.90 Å². The van der Waals surface area contributed by atoms with E-state index in [1.165, 1.54) is 0 Å². The molecule has 0 spiro atoms. The lowest BCUT2D eigenvalue weighted by atomic mass is 10.3. The number of hydrogen-bond acceptors (Lipinski definition) is 2. The first kappa shape index (κ1) is 11.2. The highest BCUT2D eigenvalue weighted by Crippen LogP contribution is 2.02. The van der Waals surface area contributed by atoms with Crippen molar-refractivity contribution in [2.45, 2.75) is 13.3 Å². The number of nitrogens with zero attached hydrogens (tertiary/aromatic N) is 2. The van der Waals surface area contributed by atoms with Gasteiger partial charge in [-0.05, 0) is 12.5 Å². The van der Waals surface area contributed by atoms with Gasteiger partial charge < -0.3 is 4.90 Å². The minimum Gasteiger partial charge on any atom is -0.337 e. The molecule has 1 N–H and O–H groups in total. The van der Waals surface area contributed by atoms with Crippen molar-refractivity contribution < 1.29 is 4.79 Å². The zero-order valence-electron chi connectivity index (χ0n) is 8.16. The number of rotatable bonds is 5. The third-order valence-electron chi connectivity index (χ3n) is 1.87. The number of hydrogen-bond donors (Lipinski definition) is 1. The Balaban J connectivity index is 2.63. The van der Waals surface area contributed by atoms with E-state index in [4.69, 9.17) is 0 Å². The molecule has 0 aliphatic rings. The Kier molecular flexibility index (Phi) is 4.65. The maximum Gasteiger partial charge on any atom is 0.271 e. The monoisotopic (exact) mass is 259 g/mol. The molecular weight excluding hydrogens is 246 g/mol. The summed E-state index contributed by atoms with van der Waals surface area (Å²) in [5.74, 6) is 0.0174. The molecule has 4 nitrogen and oxygen atoms in total. The molecule has 1 heterocycles. The van der Waals surface area contributed by atoms with Crippen LogP contribution in [0, 0.1) is 0 Å². The summed E-state index contributed by atoms with van der Waals surface area (Å²) in [5, 5.41) is 7.24. The maximum absolute atomic E-state index is 11.8. The summed E-state index contributed by atoms with van der Waals surface area (Å²) < 4.78 is 0. The summed E-state index contributed by atoms with van der Waals surface area (Å²) in [7, 11) is 0. The number of carbonyl (C=O) groups is 1. The highest BCUT2D eigenvalue weighted by molar-refractivity contribution is 9.09. The quantitative estimate of drug-likeness (QED) is 0.818. The molecule has 0 bridgehead atoms. The molecule has 0 aliphatic carbocycles. The lowest BCUT2D eigenvalue weighted by Crippen LogP contribution is -2.33. The fourth-order valence-electron chi connectivity index (χ4n) is 1.23. The molecular formula is C9H14BrN3O. The van der Waals surface area contributed by atoms with Gasteiger partial charge in [0.05, 0.1) is 0 Å². The molecule has 0 fully saturated rings. The van der Waals surface area contributed by atoms with Crippen LogP contribution in [0.4, 0.5) is 0 Å². The third-order valence-corrected chi connectivity index (χ3v) is 2.22. The Morgan fingerprint density at radius 3 is 2.93 bits per heavy atom. The van der Waals surface area contributed by atoms with E-state index >= 15 is 0 Å². The van der Waals surface area contributed by atoms with Crippen molar-refractivity contribution in [3.63, 3.8) is 0 Å². The van der Waals surface area contributed by atoms with Gasteiger partial charge in [-0.15, -0.1) is 0 Å². The van der Waals surface area contributed by atoms with Crippen molar-refractivity contribution in [2.75, 3.05) is 18.4 Å². The fourth-order valence-corrected chi connectivity index (χ4v) is 1.66. The van der Waals surface area contributed by atoms with Crippen molar-refractivity contribution in [2.24, 2.45) is 0 Å². The first-order chi connectivity index (χ1) is 6.79. The highest BCUT2D eigenvalue weighted by Gasteiger charge is 2.14. The van der Waals surface area contributed by atoms with Gasteiger partial charge in [-0.3, -0.25) is 9.89 Å². The van der Waals surface area contributed by atoms with Crippen LogP contribution in [0.15, 0.2) is 12.3 Å². The molecule has 1 aromatic rings. The molecule has 0 saturated carbocycles. The smallest absolute Gasteiger partial charge is 0.271 e. The minimum atomic E-state index is 0.0174. The molecule has 1 rings (SSSR count). The molecule has 1 amide bonds. The predicted molar refractivity (Wildman–Crippen MR) is 58.6 cm³/mol. The van der Waals surface area contributed by atoms with Crippen LogP contribution < -0.4 is 0 Å². The summed E-state index contributed by atoms with van der Waals surface area (Å²) >= 11 is 3.33.